The Morgan fingerprint density at radius 2 is 2.04 bits per heavy atom. The van der Waals surface area contributed by atoms with Gasteiger partial charge in [-0.25, -0.2) is 4.98 Å². The first kappa shape index (κ1) is 18.3. The van der Waals surface area contributed by atoms with Crippen molar-refractivity contribution in [1.82, 2.24) is 15.1 Å². The van der Waals surface area contributed by atoms with Crippen molar-refractivity contribution in [2.45, 2.75) is 20.5 Å². The lowest BCUT2D eigenvalue weighted by Crippen LogP contribution is -2.13. The molecule has 0 aliphatic rings. The number of nitrogens with one attached hydrogen (secondary N) is 1. The Morgan fingerprint density at radius 1 is 1.18 bits per heavy atom. The number of carbonyl (C=O) groups excluding carboxylic acids is 1. The molecule has 142 valence electrons. The molecular weight excluding hydrogens is 396 g/mol. The predicted molar refractivity (Wildman–Crippen MR) is 108 cm³/mol. The van der Waals surface area contributed by atoms with Gasteiger partial charge in [0, 0.05) is 17.2 Å². The number of nitrogens with zero attached hydrogens (tertiary/aromatic N) is 3. The highest BCUT2D eigenvalue weighted by Gasteiger charge is 2.15. The van der Waals surface area contributed by atoms with Gasteiger partial charge >= 0.3 is 0 Å². The third-order valence-corrected chi connectivity index (χ3v) is 5.56. The summed E-state index contributed by atoms with van der Waals surface area (Å²) in [4.78, 5) is 23.6. The molecule has 0 fully saturated rings. The van der Waals surface area contributed by atoms with Crippen molar-refractivity contribution >= 4 is 33.7 Å². The molecule has 0 saturated carbocycles. The first-order valence-electron chi connectivity index (χ1n) is 8.43. The van der Waals surface area contributed by atoms with E-state index in [1.807, 2.05) is 11.4 Å². The van der Waals surface area contributed by atoms with Gasteiger partial charge in [-0.05, 0) is 31.2 Å². The van der Waals surface area contributed by atoms with Crippen molar-refractivity contribution in [3.8, 4) is 16.3 Å². The summed E-state index contributed by atoms with van der Waals surface area (Å²) in [6.07, 6.45) is 0. The van der Waals surface area contributed by atoms with Crippen molar-refractivity contribution in [2.75, 3.05) is 5.32 Å². The van der Waals surface area contributed by atoms with E-state index in [0.717, 1.165) is 10.6 Å². The molecule has 3 aromatic heterocycles. The maximum atomic E-state index is 12.7. The maximum Gasteiger partial charge on any atom is 0.261 e. The van der Waals surface area contributed by atoms with E-state index in [0.29, 0.717) is 28.2 Å². The SMILES string of the molecule is Cc1nc(COc2ccccc2C(=O)Nc2nc(-c3ccc(C)s3)cs2)no1. The maximum absolute atomic E-state index is 12.7. The zero-order valence-corrected chi connectivity index (χ0v) is 16.8. The van der Waals surface area contributed by atoms with Crippen LogP contribution in [0.2, 0.25) is 0 Å². The Hall–Kier alpha value is -3.04. The summed E-state index contributed by atoms with van der Waals surface area (Å²) in [6, 6.07) is 11.1. The van der Waals surface area contributed by atoms with Gasteiger partial charge in [0.1, 0.15) is 5.75 Å². The van der Waals surface area contributed by atoms with Crippen LogP contribution in [0.5, 0.6) is 5.75 Å². The van der Waals surface area contributed by atoms with E-state index in [1.165, 1.54) is 16.2 Å². The highest BCUT2D eigenvalue weighted by Crippen LogP contribution is 2.31. The Bertz CT molecular complexity index is 1120. The number of hydrogen-bond donors (Lipinski definition) is 1. The molecule has 1 aromatic carbocycles. The third-order valence-electron chi connectivity index (χ3n) is 3.78. The van der Waals surface area contributed by atoms with Crippen LogP contribution in [0, 0.1) is 13.8 Å². The fourth-order valence-corrected chi connectivity index (χ4v) is 4.11. The van der Waals surface area contributed by atoms with Gasteiger partial charge in [-0.1, -0.05) is 17.3 Å². The molecule has 1 N–H and O–H groups in total. The highest BCUT2D eigenvalue weighted by molar-refractivity contribution is 7.17. The molecular formula is C19H16N4O3S2. The lowest BCUT2D eigenvalue weighted by molar-refractivity contribution is 0.102. The number of amides is 1. The fraction of sp³-hybridized carbons (Fsp3) is 0.158. The second kappa shape index (κ2) is 7.91. The van der Waals surface area contributed by atoms with Gasteiger partial charge in [0.05, 0.1) is 16.1 Å². The van der Waals surface area contributed by atoms with Gasteiger partial charge in [-0.2, -0.15) is 4.98 Å². The van der Waals surface area contributed by atoms with Gasteiger partial charge in [-0.3, -0.25) is 10.1 Å². The van der Waals surface area contributed by atoms with Crippen LogP contribution >= 0.6 is 22.7 Å². The summed E-state index contributed by atoms with van der Waals surface area (Å²) in [5.41, 5.74) is 1.27. The lowest BCUT2D eigenvalue weighted by atomic mass is 10.2. The molecule has 0 atom stereocenters. The van der Waals surface area contributed by atoms with Gasteiger partial charge in [-0.15, -0.1) is 22.7 Å². The zero-order chi connectivity index (χ0) is 19.5. The van der Waals surface area contributed by atoms with Crippen LogP contribution in [-0.4, -0.2) is 21.0 Å². The van der Waals surface area contributed by atoms with Crippen molar-refractivity contribution < 1.29 is 14.1 Å². The molecule has 4 rings (SSSR count). The number of thiophene rings is 1. The van der Waals surface area contributed by atoms with Crippen molar-refractivity contribution in [3.05, 3.63) is 63.9 Å². The number of rotatable bonds is 6. The second-order valence-electron chi connectivity index (χ2n) is 5.92. The number of aryl methyl sites for hydroxylation is 2. The number of hydrogen-bond acceptors (Lipinski definition) is 8. The Balaban J connectivity index is 1.47. The minimum atomic E-state index is -0.289. The summed E-state index contributed by atoms with van der Waals surface area (Å²) in [7, 11) is 0. The molecule has 0 unspecified atom stereocenters. The predicted octanol–water partition coefficient (Wildman–Crippen LogP) is 4.70. The molecule has 7 nitrogen and oxygen atoms in total. The molecule has 1 amide bonds. The Kier molecular flexibility index (Phi) is 5.18. The number of anilines is 1. The van der Waals surface area contributed by atoms with Crippen molar-refractivity contribution in [2.24, 2.45) is 0 Å². The monoisotopic (exact) mass is 412 g/mol. The topological polar surface area (TPSA) is 90.1 Å². The van der Waals surface area contributed by atoms with E-state index in [9.17, 15) is 4.79 Å². The minimum Gasteiger partial charge on any atom is -0.485 e. The molecule has 28 heavy (non-hydrogen) atoms. The largest absolute Gasteiger partial charge is 0.485 e. The van der Waals surface area contributed by atoms with E-state index >= 15 is 0 Å². The van der Waals surface area contributed by atoms with Gasteiger partial charge < -0.3 is 9.26 Å². The molecule has 9 heteroatoms. The van der Waals surface area contributed by atoms with Crippen LogP contribution in [0.3, 0.4) is 0 Å². The Morgan fingerprint density at radius 3 is 2.79 bits per heavy atom. The van der Waals surface area contributed by atoms with Crippen LogP contribution < -0.4 is 10.1 Å². The van der Waals surface area contributed by atoms with Crippen LogP contribution in [-0.2, 0) is 6.61 Å². The van der Waals surface area contributed by atoms with Crippen molar-refractivity contribution in [1.29, 1.82) is 0 Å². The van der Waals surface area contributed by atoms with Gasteiger partial charge in [0.2, 0.25) is 11.7 Å². The molecule has 4 aromatic rings. The number of para-hydroxylation sites is 1. The van der Waals surface area contributed by atoms with E-state index in [-0.39, 0.29) is 12.5 Å². The van der Waals surface area contributed by atoms with Crippen LogP contribution in [0.1, 0.15) is 27.0 Å². The first-order chi connectivity index (χ1) is 13.6. The molecule has 0 radical (unpaired) electrons. The van der Waals surface area contributed by atoms with E-state index in [1.54, 1.807) is 42.5 Å². The summed E-state index contributed by atoms with van der Waals surface area (Å²) in [5, 5.41) is 9.10. The van der Waals surface area contributed by atoms with Crippen LogP contribution in [0.4, 0.5) is 5.13 Å². The standard InChI is InChI=1S/C19H16N4O3S2/c1-11-7-8-16(28-11)14-10-27-19(21-14)22-18(24)13-5-3-4-6-15(13)25-9-17-20-12(2)26-23-17/h3-8,10H,9H2,1-2H3,(H,21,22,24). The van der Waals surface area contributed by atoms with Gasteiger partial charge in [0.25, 0.3) is 5.91 Å². The average molecular weight is 412 g/mol. The summed E-state index contributed by atoms with van der Waals surface area (Å²) in [5.74, 6) is 1.03. The number of aromatic nitrogens is 3. The fourth-order valence-electron chi connectivity index (χ4n) is 2.50. The highest BCUT2D eigenvalue weighted by atomic mass is 32.1. The molecule has 0 saturated heterocycles. The number of carbonyl (C=O) groups is 1. The zero-order valence-electron chi connectivity index (χ0n) is 15.1. The summed E-state index contributed by atoms with van der Waals surface area (Å²) in [6.45, 7) is 3.87. The number of benzene rings is 1. The van der Waals surface area contributed by atoms with Crippen molar-refractivity contribution in [3.63, 3.8) is 0 Å². The van der Waals surface area contributed by atoms with E-state index in [4.69, 9.17) is 9.26 Å². The number of ether oxygens (including phenoxy) is 1. The minimum absolute atomic E-state index is 0.112. The quantitative estimate of drug-likeness (QED) is 0.494. The summed E-state index contributed by atoms with van der Waals surface area (Å²) >= 11 is 3.06. The van der Waals surface area contributed by atoms with Crippen LogP contribution in [0.25, 0.3) is 10.6 Å². The first-order valence-corrected chi connectivity index (χ1v) is 10.1. The molecule has 0 spiro atoms. The van der Waals surface area contributed by atoms with Crippen LogP contribution in [0.15, 0.2) is 46.3 Å². The smallest absolute Gasteiger partial charge is 0.261 e. The Labute approximate surface area is 169 Å². The molecule has 0 aliphatic carbocycles. The van der Waals surface area contributed by atoms with E-state index in [2.05, 4.69) is 33.4 Å². The molecule has 0 bridgehead atoms. The van der Waals surface area contributed by atoms with Gasteiger partial charge in [0.15, 0.2) is 11.7 Å². The second-order valence-corrected chi connectivity index (χ2v) is 8.06. The molecule has 3 heterocycles. The third kappa shape index (κ3) is 4.10. The average Bonchev–Trinajstić information content (AvgIpc) is 3.42. The number of thiazole rings is 1. The summed E-state index contributed by atoms with van der Waals surface area (Å²) < 4.78 is 10.6. The lowest BCUT2D eigenvalue weighted by Gasteiger charge is -2.09. The molecule has 0 aliphatic heterocycles. The van der Waals surface area contributed by atoms with E-state index < -0.39 is 0 Å². The normalized spacial score (nSPS) is 10.8.